The second-order valence-corrected chi connectivity index (χ2v) is 6.72. The SMILES string of the molecule is CCN(C)C1CCN(c2nc(-c3ccccc3)c3ccccc3n2)C1. The number of anilines is 1. The average molecular weight is 332 g/mol. The number of para-hydroxylation sites is 1. The molecule has 4 heteroatoms. The minimum absolute atomic E-state index is 0.584. The summed E-state index contributed by atoms with van der Waals surface area (Å²) in [6, 6.07) is 19.3. The zero-order valence-corrected chi connectivity index (χ0v) is 14.9. The van der Waals surface area contributed by atoms with Crippen LogP contribution >= 0.6 is 0 Å². The molecule has 128 valence electrons. The van der Waals surface area contributed by atoms with E-state index >= 15 is 0 Å². The van der Waals surface area contributed by atoms with Crippen LogP contribution in [0.2, 0.25) is 0 Å². The molecule has 1 saturated heterocycles. The Balaban J connectivity index is 1.76. The summed E-state index contributed by atoms with van der Waals surface area (Å²) in [6.07, 6.45) is 1.17. The van der Waals surface area contributed by atoms with Gasteiger partial charge in [0.25, 0.3) is 0 Å². The smallest absolute Gasteiger partial charge is 0.226 e. The first kappa shape index (κ1) is 16.0. The van der Waals surface area contributed by atoms with Crippen LogP contribution in [0.5, 0.6) is 0 Å². The van der Waals surface area contributed by atoms with E-state index in [1.54, 1.807) is 0 Å². The van der Waals surface area contributed by atoms with Gasteiger partial charge in [-0.1, -0.05) is 55.5 Å². The molecular weight excluding hydrogens is 308 g/mol. The van der Waals surface area contributed by atoms with Gasteiger partial charge in [0.2, 0.25) is 5.95 Å². The van der Waals surface area contributed by atoms with Gasteiger partial charge in [0, 0.05) is 30.1 Å². The maximum absolute atomic E-state index is 4.97. The Bertz CT molecular complexity index is 862. The molecule has 0 bridgehead atoms. The third-order valence-corrected chi connectivity index (χ3v) is 5.21. The van der Waals surface area contributed by atoms with Gasteiger partial charge in [-0.25, -0.2) is 9.97 Å². The normalized spacial score (nSPS) is 17.6. The molecule has 0 amide bonds. The van der Waals surface area contributed by atoms with E-state index in [2.05, 4.69) is 66.2 Å². The highest BCUT2D eigenvalue weighted by molar-refractivity contribution is 5.93. The molecule has 0 saturated carbocycles. The molecule has 25 heavy (non-hydrogen) atoms. The standard InChI is InChI=1S/C21H24N4/c1-3-24(2)17-13-14-25(15-17)21-22-19-12-8-7-11-18(19)20(23-21)16-9-5-4-6-10-16/h4-12,17H,3,13-15H2,1-2H3. The van der Waals surface area contributed by atoms with Gasteiger partial charge >= 0.3 is 0 Å². The molecule has 0 spiro atoms. The van der Waals surface area contributed by atoms with E-state index in [4.69, 9.17) is 9.97 Å². The quantitative estimate of drug-likeness (QED) is 0.727. The van der Waals surface area contributed by atoms with Crippen LogP contribution in [-0.2, 0) is 0 Å². The molecule has 1 unspecified atom stereocenters. The summed E-state index contributed by atoms with van der Waals surface area (Å²) < 4.78 is 0. The number of nitrogens with zero attached hydrogens (tertiary/aromatic N) is 4. The molecule has 0 aliphatic carbocycles. The van der Waals surface area contributed by atoms with E-state index in [0.717, 1.165) is 47.7 Å². The first-order chi connectivity index (χ1) is 12.3. The van der Waals surface area contributed by atoms with Crippen molar-refractivity contribution in [1.29, 1.82) is 0 Å². The number of hydrogen-bond acceptors (Lipinski definition) is 4. The Morgan fingerprint density at radius 3 is 2.60 bits per heavy atom. The lowest BCUT2D eigenvalue weighted by Gasteiger charge is -2.23. The Kier molecular flexibility index (Phi) is 4.36. The molecule has 1 fully saturated rings. The molecule has 1 aliphatic heterocycles. The van der Waals surface area contributed by atoms with E-state index in [1.807, 2.05) is 12.1 Å². The number of fused-ring (bicyclic) bond motifs is 1. The molecule has 2 aromatic carbocycles. The Morgan fingerprint density at radius 1 is 1.04 bits per heavy atom. The Labute approximate surface area is 149 Å². The molecule has 0 N–H and O–H groups in total. The second-order valence-electron chi connectivity index (χ2n) is 6.72. The summed E-state index contributed by atoms with van der Waals surface area (Å²) in [6.45, 7) is 5.30. The molecular formula is C21H24N4. The van der Waals surface area contributed by atoms with Crippen molar-refractivity contribution in [1.82, 2.24) is 14.9 Å². The van der Waals surface area contributed by atoms with Gasteiger partial charge in [-0.2, -0.15) is 0 Å². The lowest BCUT2D eigenvalue weighted by atomic mass is 10.1. The number of benzene rings is 2. The van der Waals surface area contributed by atoms with Gasteiger partial charge in [-0.3, -0.25) is 0 Å². The average Bonchev–Trinajstić information content (AvgIpc) is 3.17. The van der Waals surface area contributed by atoms with E-state index < -0.39 is 0 Å². The first-order valence-electron chi connectivity index (χ1n) is 9.03. The summed E-state index contributed by atoms with van der Waals surface area (Å²) in [5.74, 6) is 0.851. The highest BCUT2D eigenvalue weighted by Crippen LogP contribution is 2.29. The van der Waals surface area contributed by atoms with Gasteiger partial charge in [-0.15, -0.1) is 0 Å². The summed E-state index contributed by atoms with van der Waals surface area (Å²) >= 11 is 0. The molecule has 0 radical (unpaired) electrons. The van der Waals surface area contributed by atoms with Crippen LogP contribution in [0.15, 0.2) is 54.6 Å². The lowest BCUT2D eigenvalue weighted by Crippen LogP contribution is -2.34. The maximum Gasteiger partial charge on any atom is 0.226 e. The number of aromatic nitrogens is 2. The fraction of sp³-hybridized carbons (Fsp3) is 0.333. The van der Waals surface area contributed by atoms with Crippen LogP contribution in [-0.4, -0.2) is 47.6 Å². The summed E-state index contributed by atoms with van der Waals surface area (Å²) in [4.78, 5) is 14.6. The van der Waals surface area contributed by atoms with Crippen molar-refractivity contribution in [3.8, 4) is 11.3 Å². The van der Waals surface area contributed by atoms with E-state index in [0.29, 0.717) is 6.04 Å². The van der Waals surface area contributed by atoms with Crippen LogP contribution in [0.25, 0.3) is 22.2 Å². The van der Waals surface area contributed by atoms with Crippen LogP contribution in [0.3, 0.4) is 0 Å². The zero-order valence-electron chi connectivity index (χ0n) is 14.9. The molecule has 4 rings (SSSR count). The minimum Gasteiger partial charge on any atom is -0.339 e. The Morgan fingerprint density at radius 2 is 1.80 bits per heavy atom. The first-order valence-corrected chi connectivity index (χ1v) is 9.03. The van der Waals surface area contributed by atoms with Crippen molar-refractivity contribution in [3.63, 3.8) is 0 Å². The van der Waals surface area contributed by atoms with E-state index in [-0.39, 0.29) is 0 Å². The monoisotopic (exact) mass is 332 g/mol. The van der Waals surface area contributed by atoms with Crippen molar-refractivity contribution in [2.75, 3.05) is 31.6 Å². The van der Waals surface area contributed by atoms with E-state index in [9.17, 15) is 0 Å². The molecule has 3 aromatic rings. The van der Waals surface area contributed by atoms with Crippen molar-refractivity contribution in [2.24, 2.45) is 0 Å². The number of rotatable bonds is 4. The maximum atomic E-state index is 4.97. The van der Waals surface area contributed by atoms with Crippen molar-refractivity contribution in [2.45, 2.75) is 19.4 Å². The highest BCUT2D eigenvalue weighted by Gasteiger charge is 2.27. The summed E-state index contributed by atoms with van der Waals surface area (Å²) in [5, 5.41) is 1.11. The second kappa shape index (κ2) is 6.81. The summed E-state index contributed by atoms with van der Waals surface area (Å²) in [5.41, 5.74) is 3.18. The van der Waals surface area contributed by atoms with Gasteiger partial charge < -0.3 is 9.80 Å². The molecule has 1 aromatic heterocycles. The molecule has 1 aliphatic rings. The third kappa shape index (κ3) is 3.10. The Hall–Kier alpha value is -2.46. The van der Waals surface area contributed by atoms with Crippen molar-refractivity contribution < 1.29 is 0 Å². The topological polar surface area (TPSA) is 32.3 Å². The lowest BCUT2D eigenvalue weighted by molar-refractivity contribution is 0.272. The molecule has 4 nitrogen and oxygen atoms in total. The molecule has 1 atom stereocenters. The van der Waals surface area contributed by atoms with E-state index in [1.165, 1.54) is 6.42 Å². The van der Waals surface area contributed by atoms with Gasteiger partial charge in [0.1, 0.15) is 0 Å². The number of hydrogen-bond donors (Lipinski definition) is 0. The van der Waals surface area contributed by atoms with Crippen molar-refractivity contribution >= 4 is 16.9 Å². The third-order valence-electron chi connectivity index (χ3n) is 5.21. The largest absolute Gasteiger partial charge is 0.339 e. The number of likely N-dealkylation sites (N-methyl/N-ethyl adjacent to an activating group) is 1. The minimum atomic E-state index is 0.584. The van der Waals surface area contributed by atoms with Crippen LogP contribution in [0, 0.1) is 0 Å². The predicted molar refractivity (Wildman–Crippen MR) is 104 cm³/mol. The van der Waals surface area contributed by atoms with Gasteiger partial charge in [-0.05, 0) is 26.1 Å². The zero-order chi connectivity index (χ0) is 17.2. The van der Waals surface area contributed by atoms with Crippen LogP contribution in [0.4, 0.5) is 5.95 Å². The van der Waals surface area contributed by atoms with Crippen LogP contribution < -0.4 is 4.90 Å². The summed E-state index contributed by atoms with van der Waals surface area (Å²) in [7, 11) is 2.20. The van der Waals surface area contributed by atoms with Gasteiger partial charge in [0.05, 0.1) is 11.2 Å². The fourth-order valence-corrected chi connectivity index (χ4v) is 3.56. The van der Waals surface area contributed by atoms with Crippen LogP contribution in [0.1, 0.15) is 13.3 Å². The highest BCUT2D eigenvalue weighted by atomic mass is 15.3. The predicted octanol–water partition coefficient (Wildman–Crippen LogP) is 3.83. The van der Waals surface area contributed by atoms with Gasteiger partial charge in [0.15, 0.2) is 0 Å². The van der Waals surface area contributed by atoms with Crippen molar-refractivity contribution in [3.05, 3.63) is 54.6 Å². The molecule has 2 heterocycles. The fourth-order valence-electron chi connectivity index (χ4n) is 3.56.